The van der Waals surface area contributed by atoms with Gasteiger partial charge in [0.1, 0.15) is 0 Å². The van der Waals surface area contributed by atoms with E-state index in [2.05, 4.69) is 10.6 Å². The summed E-state index contributed by atoms with van der Waals surface area (Å²) in [6, 6.07) is 0.725. The monoisotopic (exact) mass is 441 g/mol. The van der Waals surface area contributed by atoms with Crippen molar-refractivity contribution in [3.8, 4) is 5.75 Å². The lowest BCUT2D eigenvalue weighted by Gasteiger charge is -2.13. The third-order valence-electron chi connectivity index (χ3n) is 3.32. The number of alkyl halides is 3. The van der Waals surface area contributed by atoms with Crippen LogP contribution in [-0.2, 0) is 15.7 Å². The predicted molar refractivity (Wildman–Crippen MR) is 95.8 cm³/mol. The summed E-state index contributed by atoms with van der Waals surface area (Å²) in [6.45, 7) is 2.53. The standard InChI is InChI=1S/C16H16Cl2F3N3O4/c1-8(24-15(25)23-7-13-26-2-3-27-13)4-12(22)28-14-10(17)5-9(6-11(14)18)16(19,20)21/h4-6,13,22H,2-3,7H2,1H3,(H2,23,24,25)/b8-4-,22-12?. The van der Waals surface area contributed by atoms with Gasteiger partial charge in [-0.3, -0.25) is 5.41 Å². The largest absolute Gasteiger partial charge is 0.436 e. The summed E-state index contributed by atoms with van der Waals surface area (Å²) in [5.41, 5.74) is -0.809. The summed E-state index contributed by atoms with van der Waals surface area (Å²) in [5, 5.41) is 11.9. The van der Waals surface area contributed by atoms with Gasteiger partial charge < -0.3 is 24.8 Å². The molecular formula is C16H16Cl2F3N3O4. The van der Waals surface area contributed by atoms with Crippen molar-refractivity contribution in [1.29, 1.82) is 5.41 Å². The average molecular weight is 442 g/mol. The molecule has 0 atom stereocenters. The Hall–Kier alpha value is -2.01. The minimum Gasteiger partial charge on any atom is -0.436 e. The number of carbonyl (C=O) groups excluding carboxylic acids is 1. The Labute approximate surface area is 168 Å². The number of carbonyl (C=O) groups is 1. The van der Waals surface area contributed by atoms with E-state index in [4.69, 9.17) is 42.8 Å². The molecule has 0 radical (unpaired) electrons. The predicted octanol–water partition coefficient (Wildman–Crippen LogP) is 3.94. The van der Waals surface area contributed by atoms with E-state index in [-0.39, 0.29) is 18.0 Å². The molecule has 28 heavy (non-hydrogen) atoms. The van der Waals surface area contributed by atoms with E-state index in [0.717, 1.165) is 6.08 Å². The number of hydrogen-bond donors (Lipinski definition) is 3. The lowest BCUT2D eigenvalue weighted by Crippen LogP contribution is -2.39. The van der Waals surface area contributed by atoms with E-state index in [9.17, 15) is 18.0 Å². The molecule has 1 aromatic carbocycles. The number of ether oxygens (including phenoxy) is 3. The van der Waals surface area contributed by atoms with Crippen LogP contribution < -0.4 is 15.4 Å². The van der Waals surface area contributed by atoms with Gasteiger partial charge in [0.15, 0.2) is 12.0 Å². The van der Waals surface area contributed by atoms with Crippen molar-refractivity contribution in [3.63, 3.8) is 0 Å². The normalized spacial score (nSPS) is 15.4. The molecule has 3 N–H and O–H groups in total. The zero-order valence-electron chi connectivity index (χ0n) is 14.5. The Kier molecular flexibility index (Phi) is 7.53. The van der Waals surface area contributed by atoms with Crippen LogP contribution in [0.25, 0.3) is 0 Å². The number of rotatable bonds is 5. The van der Waals surface area contributed by atoms with Crippen LogP contribution in [0.3, 0.4) is 0 Å². The zero-order chi connectivity index (χ0) is 20.9. The molecule has 1 aliphatic rings. The molecule has 0 saturated carbocycles. The Bertz CT molecular complexity index is 758. The first-order valence-corrected chi connectivity index (χ1v) is 8.61. The van der Waals surface area contributed by atoms with Gasteiger partial charge in [0.2, 0.25) is 5.90 Å². The Morgan fingerprint density at radius 1 is 1.32 bits per heavy atom. The summed E-state index contributed by atoms with van der Waals surface area (Å²) < 4.78 is 53.6. The van der Waals surface area contributed by atoms with Crippen LogP contribution in [0.1, 0.15) is 12.5 Å². The van der Waals surface area contributed by atoms with Gasteiger partial charge in [-0.05, 0) is 19.1 Å². The molecule has 0 aliphatic carbocycles. The molecule has 7 nitrogen and oxygen atoms in total. The quantitative estimate of drug-likeness (QED) is 0.476. The molecule has 0 aromatic heterocycles. The second-order valence-corrected chi connectivity index (χ2v) is 6.38. The maximum Gasteiger partial charge on any atom is 0.416 e. The lowest BCUT2D eigenvalue weighted by molar-refractivity contribution is -0.137. The van der Waals surface area contributed by atoms with Crippen LogP contribution in [0.5, 0.6) is 5.75 Å². The summed E-state index contributed by atoms with van der Waals surface area (Å²) >= 11 is 11.6. The van der Waals surface area contributed by atoms with Crippen molar-refractivity contribution in [2.75, 3.05) is 19.8 Å². The van der Waals surface area contributed by atoms with E-state index in [1.807, 2.05) is 0 Å². The van der Waals surface area contributed by atoms with Crippen molar-refractivity contribution in [1.82, 2.24) is 10.6 Å². The van der Waals surface area contributed by atoms with Gasteiger partial charge in [-0.15, -0.1) is 0 Å². The number of nitrogens with one attached hydrogen (secondary N) is 3. The van der Waals surface area contributed by atoms with Crippen LogP contribution in [0.4, 0.5) is 18.0 Å². The van der Waals surface area contributed by atoms with E-state index in [1.165, 1.54) is 6.92 Å². The first-order valence-electron chi connectivity index (χ1n) is 7.85. The highest BCUT2D eigenvalue weighted by Gasteiger charge is 2.32. The Balaban J connectivity index is 1.93. The molecule has 1 aliphatic heterocycles. The maximum atomic E-state index is 12.7. The van der Waals surface area contributed by atoms with Crippen LogP contribution in [-0.4, -0.2) is 38.0 Å². The summed E-state index contributed by atoms with van der Waals surface area (Å²) in [6.07, 6.45) is -4.01. The second kappa shape index (κ2) is 9.46. The summed E-state index contributed by atoms with van der Waals surface area (Å²) in [7, 11) is 0. The highest BCUT2D eigenvalue weighted by molar-refractivity contribution is 6.37. The Morgan fingerprint density at radius 2 is 1.89 bits per heavy atom. The summed E-state index contributed by atoms with van der Waals surface area (Å²) in [4.78, 5) is 11.8. The molecule has 0 unspecified atom stereocenters. The zero-order valence-corrected chi connectivity index (χ0v) is 16.0. The highest BCUT2D eigenvalue weighted by Crippen LogP contribution is 2.39. The Morgan fingerprint density at radius 3 is 2.43 bits per heavy atom. The van der Waals surface area contributed by atoms with Crippen LogP contribution in [0, 0.1) is 5.41 Å². The minimum atomic E-state index is -4.62. The molecule has 2 amide bonds. The fourth-order valence-electron chi connectivity index (χ4n) is 2.12. The molecular weight excluding hydrogens is 426 g/mol. The number of amides is 2. The molecule has 1 aromatic rings. The molecule has 154 valence electrons. The lowest BCUT2D eigenvalue weighted by atomic mass is 10.2. The van der Waals surface area contributed by atoms with Gasteiger partial charge in [-0.25, -0.2) is 4.79 Å². The minimum absolute atomic E-state index is 0.143. The number of benzene rings is 1. The van der Waals surface area contributed by atoms with Crippen LogP contribution in [0.2, 0.25) is 10.0 Å². The van der Waals surface area contributed by atoms with Gasteiger partial charge >= 0.3 is 12.2 Å². The SMILES string of the molecule is C/C(=C/C(=N)Oc1c(Cl)cc(C(F)(F)F)cc1Cl)NC(=O)NCC1OCCO1. The molecule has 1 fully saturated rings. The average Bonchev–Trinajstić information content (AvgIpc) is 3.08. The molecule has 12 heteroatoms. The molecule has 0 spiro atoms. The van der Waals surface area contributed by atoms with Gasteiger partial charge in [-0.1, -0.05) is 23.2 Å². The van der Waals surface area contributed by atoms with Crippen molar-refractivity contribution in [3.05, 3.63) is 39.5 Å². The number of hydrogen-bond acceptors (Lipinski definition) is 5. The first kappa shape index (κ1) is 22.3. The summed E-state index contributed by atoms with van der Waals surface area (Å²) in [5.74, 6) is -0.797. The smallest absolute Gasteiger partial charge is 0.416 e. The van der Waals surface area contributed by atoms with Crippen molar-refractivity contribution >= 4 is 35.1 Å². The number of allylic oxidation sites excluding steroid dienone is 1. The van der Waals surface area contributed by atoms with Crippen LogP contribution >= 0.6 is 23.2 Å². The first-order chi connectivity index (χ1) is 13.1. The van der Waals surface area contributed by atoms with Gasteiger partial charge in [0.25, 0.3) is 0 Å². The van der Waals surface area contributed by atoms with Gasteiger partial charge in [-0.2, -0.15) is 13.2 Å². The van der Waals surface area contributed by atoms with Gasteiger partial charge in [0, 0.05) is 11.8 Å². The molecule has 2 rings (SSSR count). The number of halogens is 5. The van der Waals surface area contributed by atoms with Crippen molar-refractivity contribution in [2.45, 2.75) is 19.4 Å². The van der Waals surface area contributed by atoms with E-state index < -0.39 is 40.0 Å². The molecule has 0 bridgehead atoms. The maximum absolute atomic E-state index is 12.7. The van der Waals surface area contributed by atoms with Crippen molar-refractivity contribution < 1.29 is 32.2 Å². The third-order valence-corrected chi connectivity index (χ3v) is 3.88. The highest BCUT2D eigenvalue weighted by atomic mass is 35.5. The molecule has 1 heterocycles. The molecule has 1 saturated heterocycles. The topological polar surface area (TPSA) is 92.7 Å². The van der Waals surface area contributed by atoms with Gasteiger partial charge in [0.05, 0.1) is 35.4 Å². The second-order valence-electron chi connectivity index (χ2n) is 5.57. The third kappa shape index (κ3) is 6.55. The fourth-order valence-corrected chi connectivity index (χ4v) is 2.68. The van der Waals surface area contributed by atoms with E-state index in [0.29, 0.717) is 25.3 Å². The fraction of sp³-hybridized carbons (Fsp3) is 0.375. The number of urea groups is 1. The van der Waals surface area contributed by atoms with Crippen LogP contribution in [0.15, 0.2) is 23.9 Å². The van der Waals surface area contributed by atoms with E-state index in [1.54, 1.807) is 0 Å². The van der Waals surface area contributed by atoms with Crippen molar-refractivity contribution in [2.24, 2.45) is 0 Å². The van der Waals surface area contributed by atoms with E-state index >= 15 is 0 Å².